The zero-order chi connectivity index (χ0) is 13.1. The Morgan fingerprint density at radius 1 is 1.33 bits per heavy atom. The third kappa shape index (κ3) is 2.79. The molecule has 0 bridgehead atoms. The van der Waals surface area contributed by atoms with Gasteiger partial charge in [0, 0.05) is 18.1 Å². The standard InChI is InChI=1S/C15H19ClN2/c1-11(2)12-5-7-18(8-6-12)15-9-14(16)4-3-13(15)10-17/h3-4,9,11-12H,5-8H2,1-2H3. The van der Waals surface area contributed by atoms with E-state index in [-0.39, 0.29) is 0 Å². The summed E-state index contributed by atoms with van der Waals surface area (Å²) >= 11 is 6.04. The molecule has 1 aromatic rings. The fourth-order valence-electron chi connectivity index (χ4n) is 2.67. The van der Waals surface area contributed by atoms with Crippen LogP contribution in [0.3, 0.4) is 0 Å². The van der Waals surface area contributed by atoms with Crippen LogP contribution in [0.25, 0.3) is 0 Å². The molecule has 1 saturated heterocycles. The van der Waals surface area contributed by atoms with Crippen LogP contribution in [0.5, 0.6) is 0 Å². The van der Waals surface area contributed by atoms with Gasteiger partial charge in [0.1, 0.15) is 6.07 Å². The van der Waals surface area contributed by atoms with Crippen molar-refractivity contribution in [2.75, 3.05) is 18.0 Å². The molecule has 0 radical (unpaired) electrons. The molecule has 1 fully saturated rings. The van der Waals surface area contributed by atoms with Gasteiger partial charge in [-0.15, -0.1) is 0 Å². The Morgan fingerprint density at radius 2 is 2.00 bits per heavy atom. The maximum absolute atomic E-state index is 9.16. The molecule has 3 heteroatoms. The van der Waals surface area contributed by atoms with Crippen LogP contribution in [0.1, 0.15) is 32.3 Å². The maximum Gasteiger partial charge on any atom is 0.101 e. The normalized spacial score (nSPS) is 16.9. The third-order valence-corrected chi connectivity index (χ3v) is 4.14. The van der Waals surface area contributed by atoms with Gasteiger partial charge in [-0.25, -0.2) is 0 Å². The average molecular weight is 263 g/mol. The minimum atomic E-state index is 0.704. The molecule has 2 nitrogen and oxygen atoms in total. The molecule has 0 atom stereocenters. The number of benzene rings is 1. The molecule has 1 aliphatic heterocycles. The van der Waals surface area contributed by atoms with Crippen molar-refractivity contribution in [1.29, 1.82) is 5.26 Å². The number of hydrogen-bond acceptors (Lipinski definition) is 2. The van der Waals surface area contributed by atoms with Crippen LogP contribution in [-0.2, 0) is 0 Å². The van der Waals surface area contributed by atoms with E-state index < -0.39 is 0 Å². The SMILES string of the molecule is CC(C)C1CCN(c2cc(Cl)ccc2C#N)CC1. The molecule has 0 N–H and O–H groups in total. The topological polar surface area (TPSA) is 27.0 Å². The Morgan fingerprint density at radius 3 is 2.56 bits per heavy atom. The van der Waals surface area contributed by atoms with E-state index in [1.807, 2.05) is 12.1 Å². The smallest absolute Gasteiger partial charge is 0.101 e. The van der Waals surface area contributed by atoms with E-state index in [0.717, 1.165) is 36.2 Å². The number of piperidine rings is 1. The highest BCUT2D eigenvalue weighted by Crippen LogP contribution is 2.31. The van der Waals surface area contributed by atoms with E-state index in [2.05, 4.69) is 24.8 Å². The summed E-state index contributed by atoms with van der Waals surface area (Å²) in [4.78, 5) is 2.29. The van der Waals surface area contributed by atoms with Crippen LogP contribution >= 0.6 is 11.6 Å². The number of anilines is 1. The number of hydrogen-bond donors (Lipinski definition) is 0. The molecule has 0 aliphatic carbocycles. The van der Waals surface area contributed by atoms with E-state index in [9.17, 15) is 0 Å². The molecule has 1 aromatic carbocycles. The van der Waals surface area contributed by atoms with Gasteiger partial charge in [0.25, 0.3) is 0 Å². The van der Waals surface area contributed by atoms with Crippen LogP contribution < -0.4 is 4.90 Å². The Balaban J connectivity index is 2.14. The molecule has 96 valence electrons. The zero-order valence-corrected chi connectivity index (χ0v) is 11.7. The first-order valence-electron chi connectivity index (χ1n) is 6.56. The van der Waals surface area contributed by atoms with E-state index in [1.165, 1.54) is 12.8 Å². The summed E-state index contributed by atoms with van der Waals surface area (Å²) in [5.41, 5.74) is 1.72. The first kappa shape index (κ1) is 13.2. The summed E-state index contributed by atoms with van der Waals surface area (Å²) in [6.07, 6.45) is 2.41. The van der Waals surface area contributed by atoms with Gasteiger partial charge in [-0.1, -0.05) is 25.4 Å². The van der Waals surface area contributed by atoms with Crippen LogP contribution in [0.2, 0.25) is 5.02 Å². The molecule has 0 amide bonds. The summed E-state index contributed by atoms with van der Waals surface area (Å²) in [6, 6.07) is 7.76. The van der Waals surface area contributed by atoms with Crippen molar-refractivity contribution in [1.82, 2.24) is 0 Å². The quantitative estimate of drug-likeness (QED) is 0.803. The summed E-state index contributed by atoms with van der Waals surface area (Å²) in [5.74, 6) is 1.56. The fraction of sp³-hybridized carbons (Fsp3) is 0.533. The highest BCUT2D eigenvalue weighted by molar-refractivity contribution is 6.30. The van der Waals surface area contributed by atoms with Gasteiger partial charge in [-0.2, -0.15) is 5.26 Å². The highest BCUT2D eigenvalue weighted by atomic mass is 35.5. The molecule has 0 aromatic heterocycles. The minimum absolute atomic E-state index is 0.704. The summed E-state index contributed by atoms with van der Waals surface area (Å²) in [6.45, 7) is 6.64. The second-order valence-electron chi connectivity index (χ2n) is 5.34. The number of halogens is 1. The van der Waals surface area contributed by atoms with Gasteiger partial charge in [0.2, 0.25) is 0 Å². The van der Waals surface area contributed by atoms with Crippen molar-refractivity contribution < 1.29 is 0 Å². The predicted molar refractivity (Wildman–Crippen MR) is 75.9 cm³/mol. The van der Waals surface area contributed by atoms with Gasteiger partial charge in [0.05, 0.1) is 11.3 Å². The van der Waals surface area contributed by atoms with Gasteiger partial charge < -0.3 is 4.90 Å². The molecular formula is C15H19ClN2. The van der Waals surface area contributed by atoms with Crippen LogP contribution in [0.15, 0.2) is 18.2 Å². The van der Waals surface area contributed by atoms with Crippen molar-refractivity contribution in [3.63, 3.8) is 0 Å². The van der Waals surface area contributed by atoms with Gasteiger partial charge >= 0.3 is 0 Å². The molecule has 18 heavy (non-hydrogen) atoms. The monoisotopic (exact) mass is 262 g/mol. The Labute approximate surface area is 114 Å². The molecular weight excluding hydrogens is 244 g/mol. The number of nitriles is 1. The summed E-state index contributed by atoms with van der Waals surface area (Å²) in [7, 11) is 0. The lowest BCUT2D eigenvalue weighted by Gasteiger charge is -2.35. The number of nitrogens with zero attached hydrogens (tertiary/aromatic N) is 2. The Hall–Kier alpha value is -1.20. The van der Waals surface area contributed by atoms with Crippen molar-refractivity contribution >= 4 is 17.3 Å². The minimum Gasteiger partial charge on any atom is -0.370 e. The average Bonchev–Trinajstić information content (AvgIpc) is 2.39. The lowest BCUT2D eigenvalue weighted by Crippen LogP contribution is -2.35. The molecule has 0 saturated carbocycles. The zero-order valence-electron chi connectivity index (χ0n) is 11.0. The van der Waals surface area contributed by atoms with Crippen LogP contribution in [0, 0.1) is 23.2 Å². The van der Waals surface area contributed by atoms with E-state index in [0.29, 0.717) is 5.02 Å². The second-order valence-corrected chi connectivity index (χ2v) is 5.78. The van der Waals surface area contributed by atoms with Gasteiger partial charge in [0.15, 0.2) is 0 Å². The summed E-state index contributed by atoms with van der Waals surface area (Å²) < 4.78 is 0. The third-order valence-electron chi connectivity index (χ3n) is 3.90. The van der Waals surface area contributed by atoms with Crippen molar-refractivity contribution in [3.8, 4) is 6.07 Å². The molecule has 0 unspecified atom stereocenters. The summed E-state index contributed by atoms with van der Waals surface area (Å²) in [5, 5.41) is 9.86. The van der Waals surface area contributed by atoms with Crippen LogP contribution in [-0.4, -0.2) is 13.1 Å². The lowest BCUT2D eigenvalue weighted by atomic mass is 9.86. The fourth-order valence-corrected chi connectivity index (χ4v) is 2.83. The van der Waals surface area contributed by atoms with E-state index >= 15 is 0 Å². The van der Waals surface area contributed by atoms with Gasteiger partial charge in [-0.05, 0) is 42.9 Å². The van der Waals surface area contributed by atoms with E-state index in [1.54, 1.807) is 6.07 Å². The van der Waals surface area contributed by atoms with Crippen LogP contribution in [0.4, 0.5) is 5.69 Å². The molecule has 2 rings (SSSR count). The highest BCUT2D eigenvalue weighted by Gasteiger charge is 2.23. The lowest BCUT2D eigenvalue weighted by molar-refractivity contribution is 0.311. The van der Waals surface area contributed by atoms with Crippen molar-refractivity contribution in [2.24, 2.45) is 11.8 Å². The Kier molecular flexibility index (Phi) is 4.14. The molecule has 0 spiro atoms. The van der Waals surface area contributed by atoms with E-state index in [4.69, 9.17) is 16.9 Å². The Bertz CT molecular complexity index is 454. The van der Waals surface area contributed by atoms with Crippen molar-refractivity contribution in [2.45, 2.75) is 26.7 Å². The first-order chi connectivity index (χ1) is 8.61. The largest absolute Gasteiger partial charge is 0.370 e. The predicted octanol–water partition coefficient (Wildman–Crippen LogP) is 4.08. The first-order valence-corrected chi connectivity index (χ1v) is 6.94. The van der Waals surface area contributed by atoms with Gasteiger partial charge in [-0.3, -0.25) is 0 Å². The number of rotatable bonds is 2. The van der Waals surface area contributed by atoms with Crippen molar-refractivity contribution in [3.05, 3.63) is 28.8 Å². The maximum atomic E-state index is 9.16. The molecule has 1 aliphatic rings. The molecule has 1 heterocycles. The second kappa shape index (κ2) is 5.63.